The second-order valence-electron chi connectivity index (χ2n) is 4.99. The van der Waals surface area contributed by atoms with Crippen LogP contribution in [0.5, 0.6) is 5.75 Å². The van der Waals surface area contributed by atoms with Crippen LogP contribution in [0, 0.1) is 12.7 Å². The van der Waals surface area contributed by atoms with Crippen molar-refractivity contribution in [3.63, 3.8) is 0 Å². The van der Waals surface area contributed by atoms with E-state index in [-0.39, 0.29) is 18.2 Å². The highest BCUT2D eigenvalue weighted by atomic mass is 19.1. The average Bonchev–Trinajstić information content (AvgIpc) is 2.51. The number of carbonyl (C=O) groups is 2. The van der Waals surface area contributed by atoms with Gasteiger partial charge in [0.15, 0.2) is 12.4 Å². The summed E-state index contributed by atoms with van der Waals surface area (Å²) in [5.74, 6) is -0.637. The minimum absolute atomic E-state index is 0.209. The molecule has 118 valence electrons. The number of ketones is 1. The number of hydrogen-bond donors (Lipinski definition) is 1. The summed E-state index contributed by atoms with van der Waals surface area (Å²) in [4.78, 5) is 22.8. The predicted octanol–water partition coefficient (Wildman–Crippen LogP) is 2.89. The van der Waals surface area contributed by atoms with Gasteiger partial charge in [-0.05, 0) is 54.5 Å². The number of ether oxygens (including phenoxy) is 1. The summed E-state index contributed by atoms with van der Waals surface area (Å²) in [5, 5.41) is 0. The van der Waals surface area contributed by atoms with E-state index in [1.807, 2.05) is 0 Å². The Hall–Kier alpha value is -2.95. The van der Waals surface area contributed by atoms with E-state index in [1.54, 1.807) is 43.3 Å². The molecule has 0 bridgehead atoms. The van der Waals surface area contributed by atoms with Gasteiger partial charge >= 0.3 is 0 Å². The van der Waals surface area contributed by atoms with E-state index < -0.39 is 5.91 Å². The number of amides is 1. The van der Waals surface area contributed by atoms with Crippen LogP contribution in [0.3, 0.4) is 0 Å². The number of rotatable bonds is 6. The first-order valence-corrected chi connectivity index (χ1v) is 6.95. The fourth-order valence-electron chi connectivity index (χ4n) is 1.99. The molecular formula is C18H16FNO3. The van der Waals surface area contributed by atoms with Gasteiger partial charge in [-0.1, -0.05) is 18.2 Å². The molecule has 1 amide bonds. The maximum atomic E-state index is 13.1. The SMILES string of the molecule is Cc1cc(C(=O)/C=C/c2cccc(F)c2)ccc1OCC(N)=O. The molecule has 0 fully saturated rings. The molecule has 0 saturated carbocycles. The van der Waals surface area contributed by atoms with Crippen LogP contribution in [0.25, 0.3) is 6.08 Å². The van der Waals surface area contributed by atoms with Crippen LogP contribution in [0.15, 0.2) is 48.5 Å². The molecule has 2 aromatic rings. The molecule has 0 aromatic heterocycles. The fraction of sp³-hybridized carbons (Fsp3) is 0.111. The van der Waals surface area contributed by atoms with Crippen LogP contribution >= 0.6 is 0 Å². The predicted molar refractivity (Wildman–Crippen MR) is 85.6 cm³/mol. The molecule has 0 aliphatic heterocycles. The van der Waals surface area contributed by atoms with Crippen LogP contribution in [-0.2, 0) is 4.79 Å². The monoisotopic (exact) mass is 313 g/mol. The van der Waals surface area contributed by atoms with Crippen molar-refractivity contribution in [3.05, 3.63) is 71.0 Å². The molecule has 0 spiro atoms. The number of halogens is 1. The Bertz CT molecular complexity index is 769. The van der Waals surface area contributed by atoms with Gasteiger partial charge < -0.3 is 10.5 Å². The highest BCUT2D eigenvalue weighted by Gasteiger charge is 2.07. The molecule has 0 unspecified atom stereocenters. The molecule has 5 heteroatoms. The summed E-state index contributed by atoms with van der Waals surface area (Å²) in [6, 6.07) is 10.8. The summed E-state index contributed by atoms with van der Waals surface area (Å²) < 4.78 is 18.3. The Morgan fingerprint density at radius 2 is 2.00 bits per heavy atom. The van der Waals surface area contributed by atoms with Crippen LogP contribution in [0.4, 0.5) is 4.39 Å². The minimum Gasteiger partial charge on any atom is -0.484 e. The topological polar surface area (TPSA) is 69.4 Å². The van der Waals surface area contributed by atoms with E-state index in [9.17, 15) is 14.0 Å². The maximum Gasteiger partial charge on any atom is 0.255 e. The van der Waals surface area contributed by atoms with Gasteiger partial charge in [-0.15, -0.1) is 0 Å². The molecule has 23 heavy (non-hydrogen) atoms. The van der Waals surface area contributed by atoms with Gasteiger partial charge in [0.1, 0.15) is 11.6 Å². The van der Waals surface area contributed by atoms with Gasteiger partial charge in [0, 0.05) is 5.56 Å². The molecule has 0 aliphatic carbocycles. The zero-order valence-electron chi connectivity index (χ0n) is 12.6. The van der Waals surface area contributed by atoms with Crippen molar-refractivity contribution in [2.75, 3.05) is 6.61 Å². The van der Waals surface area contributed by atoms with E-state index in [2.05, 4.69) is 0 Å². The molecular weight excluding hydrogens is 297 g/mol. The Morgan fingerprint density at radius 1 is 1.22 bits per heavy atom. The normalized spacial score (nSPS) is 10.7. The second kappa shape index (κ2) is 7.35. The number of benzene rings is 2. The number of carbonyl (C=O) groups excluding carboxylic acids is 2. The van der Waals surface area contributed by atoms with Gasteiger partial charge in [-0.3, -0.25) is 9.59 Å². The molecule has 2 rings (SSSR count). The lowest BCUT2D eigenvalue weighted by Gasteiger charge is -2.08. The largest absolute Gasteiger partial charge is 0.484 e. The van der Waals surface area contributed by atoms with E-state index >= 15 is 0 Å². The van der Waals surface area contributed by atoms with Crippen molar-refractivity contribution in [1.82, 2.24) is 0 Å². The van der Waals surface area contributed by atoms with Gasteiger partial charge in [0.25, 0.3) is 5.91 Å². The fourth-order valence-corrected chi connectivity index (χ4v) is 1.99. The Kier molecular flexibility index (Phi) is 5.25. The Labute approximate surface area is 133 Å². The van der Waals surface area contributed by atoms with E-state index in [0.717, 1.165) is 5.56 Å². The van der Waals surface area contributed by atoms with Crippen LogP contribution in [-0.4, -0.2) is 18.3 Å². The summed E-state index contributed by atoms with van der Waals surface area (Å²) in [5.41, 5.74) is 6.82. The Balaban J connectivity index is 2.10. The van der Waals surface area contributed by atoms with Crippen molar-refractivity contribution in [1.29, 1.82) is 0 Å². The molecule has 4 nitrogen and oxygen atoms in total. The molecule has 2 aromatic carbocycles. The van der Waals surface area contributed by atoms with E-state index in [4.69, 9.17) is 10.5 Å². The highest BCUT2D eigenvalue weighted by molar-refractivity contribution is 6.07. The van der Waals surface area contributed by atoms with Crippen LogP contribution < -0.4 is 10.5 Å². The lowest BCUT2D eigenvalue weighted by Crippen LogP contribution is -2.20. The molecule has 0 heterocycles. The molecule has 0 aliphatic rings. The first-order chi connectivity index (χ1) is 11.0. The number of aryl methyl sites for hydroxylation is 1. The Morgan fingerprint density at radius 3 is 2.65 bits per heavy atom. The smallest absolute Gasteiger partial charge is 0.255 e. The third-order valence-corrected chi connectivity index (χ3v) is 3.11. The summed E-state index contributed by atoms with van der Waals surface area (Å²) >= 11 is 0. The third-order valence-electron chi connectivity index (χ3n) is 3.11. The summed E-state index contributed by atoms with van der Waals surface area (Å²) in [7, 11) is 0. The van der Waals surface area contributed by atoms with Crippen molar-refractivity contribution < 1.29 is 18.7 Å². The van der Waals surface area contributed by atoms with Gasteiger partial charge in [0.05, 0.1) is 0 Å². The summed E-state index contributed by atoms with van der Waals surface area (Å²) in [6.07, 6.45) is 2.94. The van der Waals surface area contributed by atoms with Gasteiger partial charge in [0.2, 0.25) is 0 Å². The van der Waals surface area contributed by atoms with Crippen molar-refractivity contribution in [2.45, 2.75) is 6.92 Å². The van der Waals surface area contributed by atoms with E-state index in [1.165, 1.54) is 18.2 Å². The highest BCUT2D eigenvalue weighted by Crippen LogP contribution is 2.20. The standard InChI is InChI=1S/C18H16FNO3/c1-12-9-14(6-8-17(12)23-11-18(20)22)16(21)7-5-13-3-2-4-15(19)10-13/h2-10H,11H2,1H3,(H2,20,22)/b7-5+. The first kappa shape index (κ1) is 16.4. The zero-order chi connectivity index (χ0) is 16.8. The van der Waals surface area contributed by atoms with Crippen LogP contribution in [0.1, 0.15) is 21.5 Å². The summed E-state index contributed by atoms with van der Waals surface area (Å²) in [6.45, 7) is 1.55. The molecule has 2 N–H and O–H groups in total. The minimum atomic E-state index is -0.567. The molecule has 0 atom stereocenters. The number of nitrogens with two attached hydrogens (primary N) is 1. The van der Waals surface area contributed by atoms with Gasteiger partial charge in [-0.25, -0.2) is 4.39 Å². The number of primary amides is 1. The number of allylic oxidation sites excluding steroid dienone is 1. The zero-order valence-corrected chi connectivity index (χ0v) is 12.6. The molecule has 0 radical (unpaired) electrons. The first-order valence-electron chi connectivity index (χ1n) is 6.95. The van der Waals surface area contributed by atoms with Crippen LogP contribution in [0.2, 0.25) is 0 Å². The average molecular weight is 313 g/mol. The molecule has 0 saturated heterocycles. The quantitative estimate of drug-likeness (QED) is 0.658. The van der Waals surface area contributed by atoms with Gasteiger partial charge in [-0.2, -0.15) is 0 Å². The van der Waals surface area contributed by atoms with Crippen molar-refractivity contribution in [2.24, 2.45) is 5.73 Å². The third kappa shape index (κ3) is 4.78. The van der Waals surface area contributed by atoms with Crippen molar-refractivity contribution >= 4 is 17.8 Å². The van der Waals surface area contributed by atoms with Crippen molar-refractivity contribution in [3.8, 4) is 5.75 Å². The maximum absolute atomic E-state index is 13.1. The van der Waals surface area contributed by atoms with E-state index in [0.29, 0.717) is 16.9 Å². The lowest BCUT2D eigenvalue weighted by atomic mass is 10.1. The number of hydrogen-bond acceptors (Lipinski definition) is 3. The second-order valence-corrected chi connectivity index (χ2v) is 4.99. The lowest BCUT2D eigenvalue weighted by molar-refractivity contribution is -0.119.